The number of hydrogen-bond acceptors (Lipinski definition) is 8. The maximum Gasteiger partial charge on any atom is 2.00 e. The Hall–Kier alpha value is -4.32. The van der Waals surface area contributed by atoms with Crippen LogP contribution in [0, 0.1) is 0 Å². The van der Waals surface area contributed by atoms with Crippen molar-refractivity contribution in [3.05, 3.63) is 91.8 Å². The van der Waals surface area contributed by atoms with E-state index in [1.165, 1.54) is 11.8 Å². The number of carboxylic acid groups (broad SMARTS) is 2. The number of aromatic nitrogens is 6. The Morgan fingerprint density at radius 3 is 1.07 bits per heavy atom. The number of aliphatic carboxylic acids is 2. The number of benzene rings is 3. The summed E-state index contributed by atoms with van der Waals surface area (Å²) < 4.78 is 0. The summed E-state index contributed by atoms with van der Waals surface area (Å²) in [5, 5.41) is 19.7. The summed E-state index contributed by atoms with van der Waals surface area (Å²) in [6.07, 6.45) is 5.04. The quantitative estimate of drug-likeness (QED) is 0.137. The third kappa shape index (κ3) is 17.0. The van der Waals surface area contributed by atoms with E-state index < -0.39 is 11.9 Å². The molecule has 0 fully saturated rings. The van der Waals surface area contributed by atoms with Gasteiger partial charge >= 0.3 is 17.1 Å². The summed E-state index contributed by atoms with van der Waals surface area (Å²) >= 11 is 1.27. The smallest absolute Gasteiger partial charge is 0.550 e. The van der Waals surface area contributed by atoms with E-state index in [0.29, 0.717) is 11.5 Å². The zero-order chi connectivity index (χ0) is 27.0. The number of thioether (sulfide) groups is 1. The topological polar surface area (TPSA) is 324 Å². The molecule has 0 aliphatic rings. The van der Waals surface area contributed by atoms with E-state index >= 15 is 0 Å². The van der Waals surface area contributed by atoms with E-state index in [1.54, 1.807) is 19.0 Å². The predicted molar refractivity (Wildman–Crippen MR) is 163 cm³/mol. The van der Waals surface area contributed by atoms with Crippen LogP contribution < -0.4 is 10.2 Å². The van der Waals surface area contributed by atoms with Crippen molar-refractivity contribution >= 4 is 56.8 Å². The molecule has 3 heterocycles. The molecule has 6 aromatic rings. The van der Waals surface area contributed by atoms with Gasteiger partial charge in [0.25, 0.3) is 0 Å². The van der Waals surface area contributed by atoms with Crippen LogP contribution in [0.1, 0.15) is 12.8 Å². The van der Waals surface area contributed by atoms with Gasteiger partial charge in [0.2, 0.25) is 0 Å². The molecule has 15 nitrogen and oxygen atoms in total. The predicted octanol–water partition coefficient (Wildman–Crippen LogP) is -1.44. The first-order chi connectivity index (χ1) is 18.5. The van der Waals surface area contributed by atoms with Crippen LogP contribution in [0.15, 0.2) is 91.8 Å². The molecular formula is C27H36CuN6O9S. The fourth-order valence-electron chi connectivity index (χ4n) is 3.05. The van der Waals surface area contributed by atoms with Gasteiger partial charge < -0.3 is 62.1 Å². The van der Waals surface area contributed by atoms with Crippen molar-refractivity contribution in [1.82, 2.24) is 29.9 Å². The summed E-state index contributed by atoms with van der Waals surface area (Å²) in [6.45, 7) is 0. The fraction of sp³-hybridized carbons (Fsp3) is 0.148. The Bertz CT molecular complexity index is 1300. The maximum atomic E-state index is 9.84. The number of rotatable bonds is 6. The van der Waals surface area contributed by atoms with Crippen LogP contribution in [0.4, 0.5) is 0 Å². The van der Waals surface area contributed by atoms with E-state index in [-0.39, 0.29) is 57.3 Å². The number of imidazole rings is 3. The van der Waals surface area contributed by atoms with Crippen LogP contribution >= 0.6 is 11.8 Å². The van der Waals surface area contributed by atoms with Gasteiger partial charge in [0, 0.05) is 11.9 Å². The zero-order valence-electron chi connectivity index (χ0n) is 23.2. The van der Waals surface area contributed by atoms with Crippen molar-refractivity contribution in [2.45, 2.75) is 12.8 Å². The Labute approximate surface area is 266 Å². The Morgan fingerprint density at radius 1 is 0.545 bits per heavy atom. The van der Waals surface area contributed by atoms with Crippen LogP contribution in [-0.2, 0) is 26.7 Å². The summed E-state index contributed by atoms with van der Waals surface area (Å²) in [5.41, 5.74) is 6.36. The van der Waals surface area contributed by atoms with Crippen molar-refractivity contribution in [3.8, 4) is 0 Å². The molecule has 0 bridgehead atoms. The first kappa shape index (κ1) is 46.6. The van der Waals surface area contributed by atoms with Gasteiger partial charge in [-0.1, -0.05) is 36.4 Å². The first-order valence-corrected chi connectivity index (χ1v) is 12.8. The number of nitrogens with zero attached hydrogens (tertiary/aromatic N) is 3. The van der Waals surface area contributed by atoms with Crippen molar-refractivity contribution in [3.63, 3.8) is 0 Å². The van der Waals surface area contributed by atoms with E-state index in [4.69, 9.17) is 0 Å². The minimum Gasteiger partial charge on any atom is -0.550 e. The van der Waals surface area contributed by atoms with Crippen LogP contribution in [-0.4, -0.2) is 80.7 Å². The van der Waals surface area contributed by atoms with E-state index in [1.807, 2.05) is 72.8 Å². The van der Waals surface area contributed by atoms with E-state index in [9.17, 15) is 19.8 Å². The van der Waals surface area contributed by atoms with Gasteiger partial charge in [-0.3, -0.25) is 0 Å². The minimum absolute atomic E-state index is 0. The molecular weight excluding hydrogens is 648 g/mol. The standard InChI is InChI=1S/3C7H6N2.C6H10O4S.Cu.5H2O/c3*1-2-4-7-6(3-1)8-5-9-7;7-5(8)1-3-11-4-2-6(9)10;;;;;;/h3*1-5H,(H,8,9);1-4H2,(H,7,8)(H,9,10);;5*1H2/q;;;;+2;;;;;/p-2. The largest absolute Gasteiger partial charge is 2.00 e. The Morgan fingerprint density at radius 2 is 0.818 bits per heavy atom. The number of para-hydroxylation sites is 6. The monoisotopic (exact) mass is 683 g/mol. The van der Waals surface area contributed by atoms with Crippen LogP contribution in [0.2, 0.25) is 0 Å². The van der Waals surface area contributed by atoms with Crippen molar-refractivity contribution in [1.29, 1.82) is 0 Å². The van der Waals surface area contributed by atoms with Gasteiger partial charge in [-0.15, -0.1) is 0 Å². The number of carbonyl (C=O) groups is 2. The molecule has 1 radical (unpaired) electrons. The molecule has 0 aliphatic carbocycles. The molecule has 3 aromatic heterocycles. The van der Waals surface area contributed by atoms with Gasteiger partial charge in [-0.2, -0.15) is 11.8 Å². The molecule has 17 heteroatoms. The Balaban J connectivity index is -0.000000232. The second kappa shape index (κ2) is 26.3. The second-order valence-electron chi connectivity index (χ2n) is 7.62. The van der Waals surface area contributed by atoms with Crippen molar-refractivity contribution in [2.75, 3.05) is 11.5 Å². The number of hydrogen-bond donors (Lipinski definition) is 3. The van der Waals surface area contributed by atoms with Crippen molar-refractivity contribution in [2.24, 2.45) is 0 Å². The number of aromatic amines is 3. The number of H-pyrrole nitrogens is 3. The molecule has 6 rings (SSSR count). The third-order valence-electron chi connectivity index (χ3n) is 4.88. The molecule has 245 valence electrons. The first-order valence-electron chi connectivity index (χ1n) is 11.6. The molecule has 0 spiro atoms. The van der Waals surface area contributed by atoms with Gasteiger partial charge in [0.15, 0.2) is 0 Å². The second-order valence-corrected chi connectivity index (χ2v) is 8.84. The Kier molecular flexibility index (Phi) is 27.9. The molecule has 0 unspecified atom stereocenters. The third-order valence-corrected chi connectivity index (χ3v) is 5.87. The SMILES string of the molecule is O.O.O.O.O.O=C([O-])CCSCCC(=O)[O-].[Cu+2].c1ccc2[nH]cnc2c1.c1ccc2[nH]cnc2c1.c1ccc2[nH]cnc2c1. The van der Waals surface area contributed by atoms with Gasteiger partial charge in [0.05, 0.1) is 52.1 Å². The fourth-order valence-corrected chi connectivity index (χ4v) is 3.88. The molecule has 0 saturated carbocycles. The van der Waals surface area contributed by atoms with Gasteiger partial charge in [0.1, 0.15) is 0 Å². The molecule has 3 aromatic carbocycles. The van der Waals surface area contributed by atoms with Gasteiger partial charge in [-0.25, -0.2) is 15.0 Å². The van der Waals surface area contributed by atoms with E-state index in [0.717, 1.165) is 33.1 Å². The number of fused-ring (bicyclic) bond motifs is 3. The number of nitrogens with one attached hydrogen (secondary N) is 3. The average molecular weight is 684 g/mol. The van der Waals surface area contributed by atoms with Crippen LogP contribution in [0.3, 0.4) is 0 Å². The minimum atomic E-state index is -1.11. The zero-order valence-corrected chi connectivity index (χ0v) is 24.9. The van der Waals surface area contributed by atoms with Gasteiger partial charge in [-0.05, 0) is 60.7 Å². The summed E-state index contributed by atoms with van der Waals surface area (Å²) in [6, 6.07) is 23.8. The van der Waals surface area contributed by atoms with E-state index in [2.05, 4.69) is 29.9 Å². The molecule has 0 amide bonds. The van der Waals surface area contributed by atoms with Crippen molar-refractivity contribution < 1.29 is 64.3 Å². The van der Waals surface area contributed by atoms with Crippen LogP contribution in [0.5, 0.6) is 0 Å². The summed E-state index contributed by atoms with van der Waals surface area (Å²) in [5.74, 6) is -1.41. The molecule has 44 heavy (non-hydrogen) atoms. The molecule has 13 N–H and O–H groups in total. The maximum absolute atomic E-state index is 9.84. The average Bonchev–Trinajstić information content (AvgIpc) is 3.70. The summed E-state index contributed by atoms with van der Waals surface area (Å²) in [7, 11) is 0. The summed E-state index contributed by atoms with van der Waals surface area (Å²) in [4.78, 5) is 40.9. The number of carboxylic acids is 2. The number of carbonyl (C=O) groups excluding carboxylic acids is 2. The molecule has 0 aliphatic heterocycles. The van der Waals surface area contributed by atoms with Crippen LogP contribution in [0.25, 0.3) is 33.1 Å². The molecule has 0 atom stereocenters. The normalized spacial score (nSPS) is 8.64. The molecule has 0 saturated heterocycles.